The lowest BCUT2D eigenvalue weighted by atomic mass is 10.2. The fourth-order valence-corrected chi connectivity index (χ4v) is 1.92. The summed E-state index contributed by atoms with van der Waals surface area (Å²) in [5.74, 6) is -1.72. The van der Waals surface area contributed by atoms with Crippen molar-refractivity contribution in [2.75, 3.05) is 6.54 Å². The summed E-state index contributed by atoms with van der Waals surface area (Å²) in [6.07, 6.45) is -0.865. The van der Waals surface area contributed by atoms with Gasteiger partial charge in [0.2, 0.25) is 5.91 Å². The minimum absolute atomic E-state index is 0.00690. The fraction of sp³-hybridized carbons (Fsp3) is 0.700. The van der Waals surface area contributed by atoms with Gasteiger partial charge >= 0.3 is 12.0 Å². The second-order valence-electron chi connectivity index (χ2n) is 4.42. The number of urea groups is 1. The van der Waals surface area contributed by atoms with E-state index in [0.717, 1.165) is 4.90 Å². The highest BCUT2D eigenvalue weighted by atomic mass is 16.4. The number of nitrogens with zero attached hydrogens (tertiary/aromatic N) is 1. The number of hydrogen-bond acceptors (Lipinski definition) is 4. The van der Waals surface area contributed by atoms with Gasteiger partial charge in [-0.3, -0.25) is 4.79 Å². The van der Waals surface area contributed by atoms with Crippen LogP contribution in [0.3, 0.4) is 0 Å². The van der Waals surface area contributed by atoms with Gasteiger partial charge in [0.25, 0.3) is 0 Å². The lowest BCUT2D eigenvalue weighted by Crippen LogP contribution is -2.49. The van der Waals surface area contributed by atoms with Crippen molar-refractivity contribution in [2.45, 2.75) is 38.0 Å². The van der Waals surface area contributed by atoms with Gasteiger partial charge in [-0.1, -0.05) is 0 Å². The Hall–Kier alpha value is -1.83. The van der Waals surface area contributed by atoms with Crippen LogP contribution < -0.4 is 11.1 Å². The lowest BCUT2D eigenvalue weighted by Gasteiger charge is -2.23. The van der Waals surface area contributed by atoms with E-state index in [2.05, 4.69) is 5.32 Å². The van der Waals surface area contributed by atoms with Crippen molar-refractivity contribution in [3.8, 4) is 0 Å². The number of carbonyl (C=O) groups is 3. The lowest BCUT2D eigenvalue weighted by molar-refractivity contribution is -0.141. The van der Waals surface area contributed by atoms with Gasteiger partial charge in [-0.05, 0) is 6.92 Å². The number of primary amides is 1. The van der Waals surface area contributed by atoms with Gasteiger partial charge in [0.05, 0.1) is 6.10 Å². The summed E-state index contributed by atoms with van der Waals surface area (Å²) in [6.45, 7) is 1.55. The van der Waals surface area contributed by atoms with Gasteiger partial charge in [-0.15, -0.1) is 0 Å². The van der Waals surface area contributed by atoms with E-state index in [1.54, 1.807) is 6.92 Å². The molecular formula is C10H17N3O5. The molecule has 0 bridgehead atoms. The summed E-state index contributed by atoms with van der Waals surface area (Å²) < 4.78 is 0. The second-order valence-corrected chi connectivity index (χ2v) is 4.42. The van der Waals surface area contributed by atoms with Crippen molar-refractivity contribution in [1.82, 2.24) is 10.2 Å². The molecule has 8 nitrogen and oxygen atoms in total. The van der Waals surface area contributed by atoms with Crippen LogP contribution in [-0.4, -0.2) is 57.8 Å². The molecule has 1 saturated heterocycles. The van der Waals surface area contributed by atoms with Crippen LogP contribution in [0.1, 0.15) is 19.8 Å². The van der Waals surface area contributed by atoms with Crippen molar-refractivity contribution < 1.29 is 24.6 Å². The molecule has 1 aliphatic rings. The van der Waals surface area contributed by atoms with E-state index in [-0.39, 0.29) is 19.4 Å². The highest BCUT2D eigenvalue weighted by Crippen LogP contribution is 2.18. The largest absolute Gasteiger partial charge is 0.480 e. The minimum atomic E-state index is -1.16. The van der Waals surface area contributed by atoms with E-state index in [1.165, 1.54) is 0 Å². The van der Waals surface area contributed by atoms with Crippen molar-refractivity contribution in [3.05, 3.63) is 0 Å². The number of aliphatic hydroxyl groups is 1. The molecular weight excluding hydrogens is 242 g/mol. The molecule has 8 heteroatoms. The van der Waals surface area contributed by atoms with Gasteiger partial charge < -0.3 is 26.2 Å². The first-order valence-corrected chi connectivity index (χ1v) is 5.57. The topological polar surface area (TPSA) is 133 Å². The Bertz CT molecular complexity index is 359. The summed E-state index contributed by atoms with van der Waals surface area (Å²) in [6, 6.07) is -2.14. The fourth-order valence-electron chi connectivity index (χ4n) is 1.92. The maximum atomic E-state index is 11.8. The number of likely N-dealkylation sites (tertiary alicyclic amines) is 1. The molecule has 3 unspecified atom stereocenters. The van der Waals surface area contributed by atoms with Gasteiger partial charge in [0, 0.05) is 25.4 Å². The normalized spacial score (nSPS) is 24.7. The van der Waals surface area contributed by atoms with Gasteiger partial charge in [0.1, 0.15) is 6.04 Å². The van der Waals surface area contributed by atoms with Crippen molar-refractivity contribution in [1.29, 1.82) is 0 Å². The Morgan fingerprint density at radius 2 is 2.11 bits per heavy atom. The molecule has 1 rings (SSSR count). The molecule has 0 saturated carbocycles. The zero-order chi connectivity index (χ0) is 13.9. The number of aliphatic hydroxyl groups excluding tert-OH is 1. The standard InChI is InChI=1S/C10H17N3O5/c1-5(2-8(11)15)12-10(18)13-4-6(14)3-7(13)9(16)17/h5-7,14H,2-4H2,1H3,(H2,11,15)(H,12,18)(H,16,17). The summed E-state index contributed by atoms with van der Waals surface area (Å²) in [4.78, 5) is 34.4. The molecule has 3 atom stereocenters. The van der Waals surface area contributed by atoms with Crippen LogP contribution in [0.25, 0.3) is 0 Å². The number of carboxylic acids is 1. The molecule has 0 aromatic heterocycles. The number of β-amino-alcohol motifs (C(OH)–C–C–N with tert-alkyl or cyclic N) is 1. The highest BCUT2D eigenvalue weighted by Gasteiger charge is 2.39. The van der Waals surface area contributed by atoms with Crippen LogP contribution in [0.4, 0.5) is 4.79 Å². The van der Waals surface area contributed by atoms with Gasteiger partial charge in [-0.25, -0.2) is 9.59 Å². The molecule has 0 radical (unpaired) electrons. The number of rotatable bonds is 4. The third-order valence-electron chi connectivity index (χ3n) is 2.70. The Morgan fingerprint density at radius 1 is 1.50 bits per heavy atom. The summed E-state index contributed by atoms with van der Waals surface area (Å²) in [7, 11) is 0. The maximum absolute atomic E-state index is 11.8. The zero-order valence-corrected chi connectivity index (χ0v) is 10.00. The molecule has 1 fully saturated rings. The van der Waals surface area contributed by atoms with E-state index < -0.39 is 36.1 Å². The highest BCUT2D eigenvalue weighted by molar-refractivity contribution is 5.84. The average molecular weight is 259 g/mol. The summed E-state index contributed by atoms with van der Waals surface area (Å²) >= 11 is 0. The predicted molar refractivity (Wildman–Crippen MR) is 60.6 cm³/mol. The van der Waals surface area contributed by atoms with E-state index in [0.29, 0.717) is 0 Å². The molecule has 0 spiro atoms. The Balaban J connectivity index is 2.60. The van der Waals surface area contributed by atoms with Crippen molar-refractivity contribution in [2.24, 2.45) is 5.73 Å². The van der Waals surface area contributed by atoms with Gasteiger partial charge in [0.15, 0.2) is 0 Å². The third-order valence-corrected chi connectivity index (χ3v) is 2.70. The van der Waals surface area contributed by atoms with Crippen LogP contribution in [0.2, 0.25) is 0 Å². The predicted octanol–water partition coefficient (Wildman–Crippen LogP) is -1.52. The van der Waals surface area contributed by atoms with E-state index >= 15 is 0 Å². The Morgan fingerprint density at radius 3 is 2.61 bits per heavy atom. The van der Waals surface area contributed by atoms with E-state index in [9.17, 15) is 19.5 Å². The smallest absolute Gasteiger partial charge is 0.326 e. The number of aliphatic carboxylic acids is 1. The Kier molecular flexibility index (Phi) is 4.49. The first-order valence-electron chi connectivity index (χ1n) is 5.57. The summed E-state index contributed by atoms with van der Waals surface area (Å²) in [5.41, 5.74) is 4.98. The molecule has 102 valence electrons. The number of carbonyl (C=O) groups excluding carboxylic acids is 2. The van der Waals surface area contributed by atoms with E-state index in [1.807, 2.05) is 0 Å². The van der Waals surface area contributed by atoms with E-state index in [4.69, 9.17) is 10.8 Å². The van der Waals surface area contributed by atoms with Crippen LogP contribution in [0.15, 0.2) is 0 Å². The molecule has 5 N–H and O–H groups in total. The molecule has 0 aliphatic carbocycles. The molecule has 1 heterocycles. The van der Waals surface area contributed by atoms with Crippen LogP contribution in [0, 0.1) is 0 Å². The number of amides is 3. The average Bonchev–Trinajstić information content (AvgIpc) is 2.58. The number of hydrogen-bond donors (Lipinski definition) is 4. The SMILES string of the molecule is CC(CC(N)=O)NC(=O)N1CC(O)CC1C(=O)O. The maximum Gasteiger partial charge on any atom is 0.326 e. The van der Waals surface area contributed by atoms with Gasteiger partial charge in [-0.2, -0.15) is 0 Å². The molecule has 18 heavy (non-hydrogen) atoms. The van der Waals surface area contributed by atoms with Crippen LogP contribution in [0.5, 0.6) is 0 Å². The van der Waals surface area contributed by atoms with Crippen LogP contribution in [-0.2, 0) is 9.59 Å². The first kappa shape index (κ1) is 14.2. The van der Waals surface area contributed by atoms with Crippen LogP contribution >= 0.6 is 0 Å². The van der Waals surface area contributed by atoms with Crippen molar-refractivity contribution in [3.63, 3.8) is 0 Å². The minimum Gasteiger partial charge on any atom is -0.480 e. The quantitative estimate of drug-likeness (QED) is 0.486. The molecule has 0 aromatic carbocycles. The zero-order valence-electron chi connectivity index (χ0n) is 10.00. The number of nitrogens with one attached hydrogen (secondary N) is 1. The van der Waals surface area contributed by atoms with Crippen molar-refractivity contribution >= 4 is 17.9 Å². The molecule has 1 aliphatic heterocycles. The second kappa shape index (κ2) is 5.67. The monoisotopic (exact) mass is 259 g/mol. The number of nitrogens with two attached hydrogens (primary N) is 1. The molecule has 3 amide bonds. The molecule has 0 aromatic rings. The summed E-state index contributed by atoms with van der Waals surface area (Å²) in [5, 5.41) is 20.8. The first-order chi connectivity index (χ1) is 8.31. The number of carboxylic acid groups (broad SMARTS) is 1. The third kappa shape index (κ3) is 3.59. The Labute approximate surface area is 104 Å².